The lowest BCUT2D eigenvalue weighted by atomic mass is 9.76. The minimum absolute atomic E-state index is 0.0403. The number of hydrogen-bond acceptors (Lipinski definition) is 3. The molecule has 2 heterocycles. The smallest absolute Gasteiger partial charge is 0.165 e. The summed E-state index contributed by atoms with van der Waals surface area (Å²) in [7, 11) is 0. The molecule has 5 nitrogen and oxygen atoms in total. The zero-order chi connectivity index (χ0) is 14.3. The van der Waals surface area contributed by atoms with E-state index in [1.54, 1.807) is 6.33 Å². The first-order chi connectivity index (χ1) is 9.50. The van der Waals surface area contributed by atoms with E-state index in [2.05, 4.69) is 35.5 Å². The van der Waals surface area contributed by atoms with E-state index in [-0.39, 0.29) is 11.2 Å². The van der Waals surface area contributed by atoms with E-state index in [0.717, 1.165) is 30.0 Å². The Kier molecular flexibility index (Phi) is 3.00. The lowest BCUT2D eigenvalue weighted by Crippen LogP contribution is -2.28. The van der Waals surface area contributed by atoms with Crippen LogP contribution in [0.3, 0.4) is 0 Å². The molecule has 0 radical (unpaired) electrons. The molecule has 0 saturated heterocycles. The van der Waals surface area contributed by atoms with Crippen molar-refractivity contribution in [1.82, 2.24) is 19.3 Å². The van der Waals surface area contributed by atoms with E-state index >= 15 is 0 Å². The summed E-state index contributed by atoms with van der Waals surface area (Å²) in [6.45, 7) is 7.91. The first-order valence-electron chi connectivity index (χ1n) is 7.08. The van der Waals surface area contributed by atoms with Crippen LogP contribution in [-0.4, -0.2) is 25.1 Å². The van der Waals surface area contributed by atoms with E-state index in [9.17, 15) is 4.79 Å². The fourth-order valence-corrected chi connectivity index (χ4v) is 2.97. The summed E-state index contributed by atoms with van der Waals surface area (Å²) < 4.78 is 4.17. The highest BCUT2D eigenvalue weighted by atomic mass is 16.1. The van der Waals surface area contributed by atoms with Gasteiger partial charge in [-0.3, -0.25) is 4.79 Å². The Labute approximate surface area is 118 Å². The number of rotatable bonds is 3. The molecule has 0 saturated carbocycles. The number of nitrogens with zero attached hydrogens (tertiary/aromatic N) is 4. The van der Waals surface area contributed by atoms with E-state index < -0.39 is 0 Å². The van der Waals surface area contributed by atoms with Crippen LogP contribution in [0.15, 0.2) is 18.6 Å². The van der Waals surface area contributed by atoms with Crippen molar-refractivity contribution in [2.75, 3.05) is 0 Å². The molecular weight excluding hydrogens is 252 g/mol. The van der Waals surface area contributed by atoms with Gasteiger partial charge in [0.25, 0.3) is 0 Å². The molecule has 0 aliphatic heterocycles. The van der Waals surface area contributed by atoms with Gasteiger partial charge in [-0.15, -0.1) is 10.2 Å². The number of ketones is 1. The van der Waals surface area contributed by atoms with Crippen molar-refractivity contribution in [2.24, 2.45) is 5.41 Å². The average Bonchev–Trinajstić information content (AvgIpc) is 2.96. The molecule has 0 unspecified atom stereocenters. The van der Waals surface area contributed by atoms with Gasteiger partial charge in [-0.25, -0.2) is 0 Å². The first kappa shape index (κ1) is 13.1. The molecule has 2 aromatic heterocycles. The van der Waals surface area contributed by atoms with Crippen LogP contribution in [0.5, 0.6) is 0 Å². The lowest BCUT2D eigenvalue weighted by Gasteiger charge is -2.29. The Morgan fingerprint density at radius 1 is 1.30 bits per heavy atom. The first-order valence-corrected chi connectivity index (χ1v) is 7.08. The number of carbonyl (C=O) groups excluding carboxylic acids is 1. The van der Waals surface area contributed by atoms with Gasteiger partial charge in [-0.05, 0) is 24.8 Å². The van der Waals surface area contributed by atoms with Crippen molar-refractivity contribution in [2.45, 2.75) is 46.7 Å². The van der Waals surface area contributed by atoms with Crippen molar-refractivity contribution in [3.05, 3.63) is 35.7 Å². The molecule has 0 aromatic carbocycles. The Hall–Kier alpha value is -1.91. The number of carbonyl (C=O) groups is 1. The Balaban J connectivity index is 1.95. The number of aromatic nitrogens is 4. The van der Waals surface area contributed by atoms with Crippen LogP contribution in [0.2, 0.25) is 0 Å². The summed E-state index contributed by atoms with van der Waals surface area (Å²) in [6.07, 6.45) is 5.31. The largest absolute Gasteiger partial charge is 0.343 e. The fraction of sp³-hybridized carbons (Fsp3) is 0.533. The van der Waals surface area contributed by atoms with Gasteiger partial charge in [0, 0.05) is 30.4 Å². The molecule has 106 valence electrons. The van der Waals surface area contributed by atoms with Gasteiger partial charge in [0.1, 0.15) is 6.33 Å². The van der Waals surface area contributed by atoms with Crippen molar-refractivity contribution in [1.29, 1.82) is 0 Å². The number of hydrogen-bond donors (Lipinski definition) is 0. The van der Waals surface area contributed by atoms with Crippen molar-refractivity contribution >= 4 is 5.78 Å². The molecule has 1 aliphatic rings. The maximum Gasteiger partial charge on any atom is 0.165 e. The van der Waals surface area contributed by atoms with Crippen molar-refractivity contribution in [3.63, 3.8) is 0 Å². The monoisotopic (exact) mass is 272 g/mol. The molecule has 2 aromatic rings. The minimum Gasteiger partial charge on any atom is -0.343 e. The van der Waals surface area contributed by atoms with Crippen LogP contribution in [-0.2, 0) is 19.5 Å². The Morgan fingerprint density at radius 2 is 2.10 bits per heavy atom. The van der Waals surface area contributed by atoms with Crippen LogP contribution in [0, 0.1) is 5.41 Å². The fourth-order valence-electron chi connectivity index (χ4n) is 2.97. The topological polar surface area (TPSA) is 52.7 Å². The van der Waals surface area contributed by atoms with Gasteiger partial charge in [0.15, 0.2) is 11.6 Å². The zero-order valence-corrected chi connectivity index (χ0v) is 12.3. The lowest BCUT2D eigenvalue weighted by molar-refractivity contribution is 0.0910. The van der Waals surface area contributed by atoms with Gasteiger partial charge < -0.3 is 9.13 Å². The summed E-state index contributed by atoms with van der Waals surface area (Å²) in [5.41, 5.74) is 2.06. The van der Waals surface area contributed by atoms with Crippen LogP contribution in [0.25, 0.3) is 0 Å². The molecule has 0 bridgehead atoms. The minimum atomic E-state index is 0.0403. The Bertz CT molecular complexity index is 651. The molecule has 3 rings (SSSR count). The number of fused-ring (bicyclic) bond motifs is 1. The quantitative estimate of drug-likeness (QED) is 0.861. The molecule has 0 fully saturated rings. The average molecular weight is 272 g/mol. The van der Waals surface area contributed by atoms with Crippen LogP contribution in [0.4, 0.5) is 0 Å². The highest BCUT2D eigenvalue weighted by Gasteiger charge is 2.33. The molecule has 20 heavy (non-hydrogen) atoms. The SMILES string of the molecule is CCn1cnnc1Cn1ccc2c1CC(C)(C)CC2=O. The second kappa shape index (κ2) is 4.58. The van der Waals surface area contributed by atoms with E-state index in [1.165, 1.54) is 0 Å². The third-order valence-electron chi connectivity index (χ3n) is 4.01. The van der Waals surface area contributed by atoms with E-state index in [0.29, 0.717) is 13.0 Å². The molecular formula is C15H20N4O. The van der Waals surface area contributed by atoms with E-state index in [4.69, 9.17) is 0 Å². The maximum absolute atomic E-state index is 12.2. The van der Waals surface area contributed by atoms with Gasteiger partial charge >= 0.3 is 0 Å². The molecule has 0 N–H and O–H groups in total. The van der Waals surface area contributed by atoms with Crippen molar-refractivity contribution < 1.29 is 4.79 Å². The molecule has 1 aliphatic carbocycles. The number of aryl methyl sites for hydroxylation is 1. The van der Waals surface area contributed by atoms with Crippen molar-refractivity contribution in [3.8, 4) is 0 Å². The molecule has 0 spiro atoms. The van der Waals surface area contributed by atoms with Gasteiger partial charge in [0.2, 0.25) is 0 Å². The molecule has 0 amide bonds. The third kappa shape index (κ3) is 2.17. The Morgan fingerprint density at radius 3 is 2.85 bits per heavy atom. The predicted molar refractivity (Wildman–Crippen MR) is 75.7 cm³/mol. The maximum atomic E-state index is 12.2. The highest BCUT2D eigenvalue weighted by molar-refractivity contribution is 5.98. The summed E-state index contributed by atoms with van der Waals surface area (Å²) in [4.78, 5) is 12.2. The normalized spacial score (nSPS) is 17.2. The van der Waals surface area contributed by atoms with E-state index in [1.807, 2.05) is 16.8 Å². The molecule has 0 atom stereocenters. The summed E-state index contributed by atoms with van der Waals surface area (Å²) >= 11 is 0. The summed E-state index contributed by atoms with van der Waals surface area (Å²) in [5.74, 6) is 1.19. The summed E-state index contributed by atoms with van der Waals surface area (Å²) in [5, 5.41) is 8.14. The second-order valence-corrected chi connectivity index (χ2v) is 6.28. The third-order valence-corrected chi connectivity index (χ3v) is 4.01. The zero-order valence-electron chi connectivity index (χ0n) is 12.3. The standard InChI is InChI=1S/C15H20N4O/c1-4-18-10-16-17-14(18)9-19-6-5-11-12(19)7-15(2,3)8-13(11)20/h5-6,10H,4,7-9H2,1-3H3. The predicted octanol–water partition coefficient (Wildman–Crippen LogP) is 2.30. The summed E-state index contributed by atoms with van der Waals surface area (Å²) in [6, 6.07) is 1.94. The van der Waals surface area contributed by atoms with Crippen LogP contribution in [0.1, 0.15) is 49.1 Å². The van der Waals surface area contributed by atoms with Gasteiger partial charge in [-0.2, -0.15) is 0 Å². The van der Waals surface area contributed by atoms with Crippen LogP contribution >= 0.6 is 0 Å². The van der Waals surface area contributed by atoms with Crippen LogP contribution < -0.4 is 0 Å². The second-order valence-electron chi connectivity index (χ2n) is 6.28. The van der Waals surface area contributed by atoms with Gasteiger partial charge in [-0.1, -0.05) is 13.8 Å². The molecule has 5 heteroatoms. The highest BCUT2D eigenvalue weighted by Crippen LogP contribution is 2.35. The number of Topliss-reactive ketones (excluding diaryl/α,β-unsaturated/α-hetero) is 1. The van der Waals surface area contributed by atoms with Gasteiger partial charge in [0.05, 0.1) is 6.54 Å².